The van der Waals surface area contributed by atoms with E-state index in [0.717, 1.165) is 22.8 Å². The van der Waals surface area contributed by atoms with Crippen LogP contribution in [-0.2, 0) is 0 Å². The maximum Gasteiger partial charge on any atom is 0.163 e. The molecular weight excluding hydrogens is 427 g/mol. The molecule has 4 aromatic rings. The Morgan fingerprint density at radius 3 is 2.64 bits per heavy atom. The molecule has 0 unspecified atom stereocenters. The second-order valence-corrected chi connectivity index (χ2v) is 7.05. The van der Waals surface area contributed by atoms with Gasteiger partial charge in [-0.2, -0.15) is 0 Å². The number of nitrogens with one attached hydrogen (secondary N) is 1. The molecule has 0 fully saturated rings. The molecule has 2 aromatic carbocycles. The Morgan fingerprint density at radius 1 is 1.04 bits per heavy atom. The van der Waals surface area contributed by atoms with Crippen molar-refractivity contribution in [2.45, 2.75) is 0 Å². The van der Waals surface area contributed by atoms with Crippen LogP contribution in [0.25, 0.3) is 16.9 Å². The summed E-state index contributed by atoms with van der Waals surface area (Å²) in [6.07, 6.45) is 3.50. The number of nitrogens with zero attached hydrogens (tertiary/aromatic N) is 3. The predicted molar refractivity (Wildman–Crippen MR) is 107 cm³/mol. The number of ether oxygens (including phenoxy) is 2. The van der Waals surface area contributed by atoms with Crippen molar-refractivity contribution in [2.75, 3.05) is 18.5 Å². The van der Waals surface area contributed by atoms with Crippen LogP contribution < -0.4 is 14.8 Å². The summed E-state index contributed by atoms with van der Waals surface area (Å²) in [5.74, 6) is 1.86. The molecule has 0 aliphatic carbocycles. The van der Waals surface area contributed by atoms with Crippen molar-refractivity contribution in [1.82, 2.24) is 14.4 Å². The highest BCUT2D eigenvalue weighted by molar-refractivity contribution is 9.10. The van der Waals surface area contributed by atoms with E-state index < -0.39 is 0 Å². The zero-order valence-electron chi connectivity index (χ0n) is 14.5. The Kier molecular flexibility index (Phi) is 4.12. The molecule has 3 heterocycles. The number of hydrogen-bond acceptors (Lipinski definition) is 5. The second kappa shape index (κ2) is 6.79. The first kappa shape index (κ1) is 17.0. The molecule has 1 N–H and O–H groups in total. The molecule has 0 saturated heterocycles. The number of aromatic nitrogens is 3. The molecule has 0 atom stereocenters. The summed E-state index contributed by atoms with van der Waals surface area (Å²) in [5, 5.41) is 3.41. The molecule has 0 saturated carbocycles. The Balaban J connectivity index is 1.63. The fourth-order valence-corrected chi connectivity index (χ4v) is 3.42. The molecule has 0 radical (unpaired) electrons. The summed E-state index contributed by atoms with van der Waals surface area (Å²) in [6.45, 7) is 1.06. The van der Waals surface area contributed by atoms with Crippen LogP contribution in [0.1, 0.15) is 0 Å². The number of rotatable bonds is 3. The van der Waals surface area contributed by atoms with Crippen molar-refractivity contribution >= 4 is 33.1 Å². The highest BCUT2D eigenvalue weighted by atomic mass is 79.9. The van der Waals surface area contributed by atoms with E-state index in [0.29, 0.717) is 34.9 Å². The van der Waals surface area contributed by atoms with Gasteiger partial charge in [0.05, 0.1) is 6.20 Å². The Bertz CT molecular complexity index is 1180. The van der Waals surface area contributed by atoms with Crippen LogP contribution in [0.3, 0.4) is 0 Å². The molecule has 140 valence electrons. The quantitative estimate of drug-likeness (QED) is 0.495. The molecule has 0 bridgehead atoms. The maximum atomic E-state index is 13.4. The van der Waals surface area contributed by atoms with Gasteiger partial charge in [-0.05, 0) is 52.3 Å². The number of fused-ring (bicyclic) bond motifs is 2. The molecule has 28 heavy (non-hydrogen) atoms. The van der Waals surface area contributed by atoms with Crippen molar-refractivity contribution in [3.63, 3.8) is 0 Å². The smallest absolute Gasteiger partial charge is 0.163 e. The van der Waals surface area contributed by atoms with E-state index in [1.54, 1.807) is 18.3 Å². The van der Waals surface area contributed by atoms with Crippen molar-refractivity contribution < 1.29 is 13.9 Å². The van der Waals surface area contributed by atoms with Gasteiger partial charge < -0.3 is 14.8 Å². The summed E-state index contributed by atoms with van der Waals surface area (Å²) in [5.41, 5.74) is 2.97. The normalized spacial score (nSPS) is 12.9. The molecule has 1 aliphatic rings. The summed E-state index contributed by atoms with van der Waals surface area (Å²) in [6, 6.07) is 11.9. The summed E-state index contributed by atoms with van der Waals surface area (Å²) >= 11 is 3.40. The fourth-order valence-electron chi connectivity index (χ4n) is 3.12. The fraction of sp³-hybridized carbons (Fsp3) is 0.100. The van der Waals surface area contributed by atoms with Gasteiger partial charge in [-0.3, -0.25) is 4.40 Å². The highest BCUT2D eigenvalue weighted by Crippen LogP contribution is 2.36. The van der Waals surface area contributed by atoms with Gasteiger partial charge in [0.15, 0.2) is 17.1 Å². The van der Waals surface area contributed by atoms with Gasteiger partial charge in [0.2, 0.25) is 0 Å². The van der Waals surface area contributed by atoms with E-state index in [4.69, 9.17) is 9.47 Å². The first-order chi connectivity index (χ1) is 13.7. The predicted octanol–water partition coefficient (Wildman–Crippen LogP) is 4.81. The number of benzene rings is 2. The lowest BCUT2D eigenvalue weighted by Crippen LogP contribution is -2.15. The van der Waals surface area contributed by atoms with Crippen molar-refractivity contribution in [3.8, 4) is 22.8 Å². The van der Waals surface area contributed by atoms with E-state index in [1.165, 1.54) is 12.1 Å². The number of imidazole rings is 1. The van der Waals surface area contributed by atoms with Crippen molar-refractivity contribution in [2.24, 2.45) is 0 Å². The van der Waals surface area contributed by atoms with Gasteiger partial charge in [-0.15, -0.1) is 0 Å². The summed E-state index contributed by atoms with van der Waals surface area (Å²) < 4.78 is 27.2. The number of hydrogen-bond donors (Lipinski definition) is 1. The van der Waals surface area contributed by atoms with Gasteiger partial charge in [-0.1, -0.05) is 0 Å². The average Bonchev–Trinajstić information content (AvgIpc) is 3.06. The second-order valence-electron chi connectivity index (χ2n) is 6.24. The third-order valence-corrected chi connectivity index (χ3v) is 4.81. The summed E-state index contributed by atoms with van der Waals surface area (Å²) in [4.78, 5) is 8.92. The van der Waals surface area contributed by atoms with Gasteiger partial charge in [0.25, 0.3) is 0 Å². The third-order valence-electron chi connectivity index (χ3n) is 4.40. The molecule has 2 aromatic heterocycles. The van der Waals surface area contributed by atoms with E-state index >= 15 is 0 Å². The molecular formula is C20H14BrFN4O2. The minimum atomic E-state index is -0.293. The van der Waals surface area contributed by atoms with Crippen LogP contribution in [0.4, 0.5) is 15.9 Å². The Labute approximate surface area is 168 Å². The minimum absolute atomic E-state index is 0.293. The van der Waals surface area contributed by atoms with Gasteiger partial charge >= 0.3 is 0 Å². The summed E-state index contributed by atoms with van der Waals surface area (Å²) in [7, 11) is 0. The molecule has 1 aliphatic heterocycles. The van der Waals surface area contributed by atoms with Gasteiger partial charge in [0, 0.05) is 23.5 Å². The number of halogens is 2. The first-order valence-electron chi connectivity index (χ1n) is 8.63. The molecule has 6 nitrogen and oxygen atoms in total. The van der Waals surface area contributed by atoms with Crippen LogP contribution in [0.2, 0.25) is 0 Å². The lowest BCUT2D eigenvalue weighted by molar-refractivity contribution is 0.171. The zero-order valence-corrected chi connectivity index (χ0v) is 16.1. The third kappa shape index (κ3) is 3.05. The van der Waals surface area contributed by atoms with Gasteiger partial charge in [0.1, 0.15) is 35.1 Å². The van der Waals surface area contributed by atoms with E-state index in [1.807, 2.05) is 28.8 Å². The maximum absolute atomic E-state index is 13.4. The lowest BCUT2D eigenvalue weighted by Gasteiger charge is -2.19. The topological polar surface area (TPSA) is 60.7 Å². The van der Waals surface area contributed by atoms with Gasteiger partial charge in [-0.25, -0.2) is 14.4 Å². The van der Waals surface area contributed by atoms with Crippen LogP contribution >= 0.6 is 15.9 Å². The van der Waals surface area contributed by atoms with E-state index in [2.05, 4.69) is 31.2 Å². The minimum Gasteiger partial charge on any atom is -0.486 e. The largest absolute Gasteiger partial charge is 0.486 e. The van der Waals surface area contributed by atoms with Crippen molar-refractivity contribution in [1.29, 1.82) is 0 Å². The van der Waals surface area contributed by atoms with E-state index in [9.17, 15) is 4.39 Å². The Hall–Kier alpha value is -3.13. The Morgan fingerprint density at radius 2 is 1.82 bits per heavy atom. The monoisotopic (exact) mass is 440 g/mol. The molecule has 0 amide bonds. The van der Waals surface area contributed by atoms with Crippen LogP contribution in [0.15, 0.2) is 59.5 Å². The van der Waals surface area contributed by atoms with Crippen molar-refractivity contribution in [3.05, 3.63) is 65.3 Å². The number of anilines is 2. The molecule has 8 heteroatoms. The highest BCUT2D eigenvalue weighted by Gasteiger charge is 2.17. The van der Waals surface area contributed by atoms with E-state index in [-0.39, 0.29) is 5.82 Å². The van der Waals surface area contributed by atoms with Crippen LogP contribution in [-0.4, -0.2) is 27.6 Å². The SMILES string of the molecule is Fc1ccc(-c2nc3cnc(Br)cn3c2Nc2ccc3c(c2)OCCO3)cc1. The lowest BCUT2D eigenvalue weighted by atomic mass is 10.1. The zero-order chi connectivity index (χ0) is 19.1. The van der Waals surface area contributed by atoms with Crippen LogP contribution in [0.5, 0.6) is 11.5 Å². The molecule has 0 spiro atoms. The molecule has 5 rings (SSSR count). The standard InChI is InChI=1S/C20H14BrFN4O2/c21-17-11-26-18(10-23-17)25-19(12-1-3-13(22)4-2-12)20(26)24-14-5-6-15-16(9-14)28-8-7-27-15/h1-6,9-11,24H,7-8H2. The van der Waals surface area contributed by atoms with Crippen LogP contribution in [0, 0.1) is 5.82 Å². The first-order valence-corrected chi connectivity index (χ1v) is 9.43. The average molecular weight is 441 g/mol.